The lowest BCUT2D eigenvalue weighted by molar-refractivity contribution is -0.130. The Morgan fingerprint density at radius 2 is 1.65 bits per heavy atom. The van der Waals surface area contributed by atoms with E-state index in [0.29, 0.717) is 70.6 Å². The predicted molar refractivity (Wildman–Crippen MR) is 180 cm³/mol. The standard InChI is InChI=1S/C32H38N5O7PS/c1-4-43-45(40,44-5-2)26-15-16-28-27(21-26)30(32(39)35-28)31(23-9-7-6-8-10-23)34-24-11-13-25(14-12-24)37(46(3,41)42)22-29(38)36-19-17-33-18-20-36/h6-16,21,33,35,39H,4-5,17-20,22H2,1-3H3. The highest BCUT2D eigenvalue weighted by molar-refractivity contribution is 7.92. The Kier molecular flexibility index (Phi) is 10.3. The van der Waals surface area contributed by atoms with Crippen molar-refractivity contribution in [2.24, 2.45) is 4.99 Å². The van der Waals surface area contributed by atoms with E-state index in [-0.39, 0.29) is 31.5 Å². The topological polar surface area (TPSA) is 154 Å². The van der Waals surface area contributed by atoms with Crippen LogP contribution in [0.4, 0.5) is 11.4 Å². The minimum absolute atomic E-state index is 0.135. The van der Waals surface area contributed by atoms with Gasteiger partial charge >= 0.3 is 7.60 Å². The number of benzene rings is 3. The number of aromatic nitrogens is 1. The van der Waals surface area contributed by atoms with Crippen molar-refractivity contribution < 1.29 is 31.9 Å². The Labute approximate surface area is 268 Å². The average Bonchev–Trinajstić information content (AvgIpc) is 3.38. The van der Waals surface area contributed by atoms with Crippen LogP contribution in [0.25, 0.3) is 10.9 Å². The molecule has 0 atom stereocenters. The molecule has 0 bridgehead atoms. The second kappa shape index (κ2) is 14.2. The largest absolute Gasteiger partial charge is 0.494 e. The number of hydrogen-bond acceptors (Lipinski definition) is 9. The Morgan fingerprint density at radius 1 is 1.00 bits per heavy atom. The first-order valence-corrected chi connectivity index (χ1v) is 18.4. The molecule has 1 aliphatic heterocycles. The Morgan fingerprint density at radius 3 is 2.26 bits per heavy atom. The summed E-state index contributed by atoms with van der Waals surface area (Å²) in [6, 6.07) is 20.8. The molecule has 4 aromatic rings. The van der Waals surface area contributed by atoms with Gasteiger partial charge in [-0.05, 0) is 56.3 Å². The number of aromatic amines is 1. The molecular weight excluding hydrogens is 629 g/mol. The number of hydrogen-bond donors (Lipinski definition) is 3. The first-order chi connectivity index (χ1) is 22.0. The first-order valence-electron chi connectivity index (χ1n) is 15.0. The van der Waals surface area contributed by atoms with Crippen LogP contribution >= 0.6 is 7.60 Å². The molecule has 0 unspecified atom stereocenters. The highest BCUT2D eigenvalue weighted by Gasteiger charge is 2.29. The molecule has 244 valence electrons. The third-order valence-corrected chi connectivity index (χ3v) is 10.7. The van der Waals surface area contributed by atoms with Crippen molar-refractivity contribution in [3.05, 3.63) is 83.9 Å². The van der Waals surface area contributed by atoms with Crippen LogP contribution in [0.15, 0.2) is 77.8 Å². The zero-order chi connectivity index (χ0) is 32.9. The Hall–Kier alpha value is -4.00. The fraction of sp³-hybridized carbons (Fsp3) is 0.312. The molecule has 12 nitrogen and oxygen atoms in total. The van der Waals surface area contributed by atoms with Crippen LogP contribution < -0.4 is 14.9 Å². The summed E-state index contributed by atoms with van der Waals surface area (Å²) in [5.41, 5.74) is 2.90. The number of nitrogens with zero attached hydrogens (tertiary/aromatic N) is 3. The minimum Gasteiger partial charge on any atom is -0.494 e. The quantitative estimate of drug-likeness (QED) is 0.151. The molecular formula is C32H38N5O7PS. The van der Waals surface area contributed by atoms with Crippen LogP contribution in [-0.4, -0.2) is 87.2 Å². The number of sulfonamides is 1. The molecule has 0 saturated carbocycles. The predicted octanol–water partition coefficient (Wildman–Crippen LogP) is 4.13. The Bertz CT molecular complexity index is 1860. The molecule has 5 rings (SSSR count). The molecule has 2 heterocycles. The molecule has 3 N–H and O–H groups in total. The van der Waals surface area contributed by atoms with Crippen LogP contribution in [0, 0.1) is 0 Å². The maximum Gasteiger partial charge on any atom is 0.361 e. The molecule has 3 aromatic carbocycles. The summed E-state index contributed by atoms with van der Waals surface area (Å²) in [7, 11) is -7.39. The van der Waals surface area contributed by atoms with E-state index in [0.717, 1.165) is 10.6 Å². The number of nitrogens with one attached hydrogen (secondary N) is 2. The van der Waals surface area contributed by atoms with Crippen LogP contribution in [0.1, 0.15) is 25.0 Å². The number of aromatic hydroxyl groups is 1. The maximum absolute atomic E-state index is 13.6. The van der Waals surface area contributed by atoms with E-state index in [1.807, 2.05) is 30.3 Å². The highest BCUT2D eigenvalue weighted by atomic mass is 32.2. The zero-order valence-corrected chi connectivity index (χ0v) is 27.7. The molecule has 1 aliphatic rings. The number of aliphatic imine (C=N–C) groups is 1. The summed E-state index contributed by atoms with van der Waals surface area (Å²) in [6.07, 6.45) is 1.07. The summed E-state index contributed by atoms with van der Waals surface area (Å²) < 4.78 is 51.3. The maximum atomic E-state index is 13.6. The summed E-state index contributed by atoms with van der Waals surface area (Å²) in [6.45, 7) is 5.90. The third kappa shape index (κ3) is 7.35. The van der Waals surface area contributed by atoms with E-state index in [9.17, 15) is 22.9 Å². The van der Waals surface area contributed by atoms with E-state index < -0.39 is 17.6 Å². The first kappa shape index (κ1) is 33.4. The van der Waals surface area contributed by atoms with Gasteiger partial charge in [0, 0.05) is 42.6 Å². The van der Waals surface area contributed by atoms with E-state index in [1.54, 1.807) is 61.2 Å². The monoisotopic (exact) mass is 667 g/mol. The van der Waals surface area contributed by atoms with Gasteiger partial charge < -0.3 is 29.4 Å². The number of piperazine rings is 1. The van der Waals surface area contributed by atoms with Crippen molar-refractivity contribution in [2.45, 2.75) is 13.8 Å². The molecule has 14 heteroatoms. The van der Waals surface area contributed by atoms with Gasteiger partial charge in [0.15, 0.2) is 5.88 Å². The van der Waals surface area contributed by atoms with Gasteiger partial charge in [-0.2, -0.15) is 0 Å². The van der Waals surface area contributed by atoms with Gasteiger partial charge in [0.1, 0.15) is 6.54 Å². The van der Waals surface area contributed by atoms with Crippen LogP contribution in [-0.2, 0) is 28.4 Å². The van der Waals surface area contributed by atoms with Crippen molar-refractivity contribution in [3.8, 4) is 5.88 Å². The van der Waals surface area contributed by atoms with E-state index in [1.165, 1.54) is 0 Å². The summed E-state index contributed by atoms with van der Waals surface area (Å²) >= 11 is 0. The molecule has 0 radical (unpaired) electrons. The fourth-order valence-electron chi connectivity index (χ4n) is 5.32. The van der Waals surface area contributed by atoms with Crippen molar-refractivity contribution in [1.82, 2.24) is 15.2 Å². The van der Waals surface area contributed by atoms with Gasteiger partial charge in [-0.15, -0.1) is 0 Å². The van der Waals surface area contributed by atoms with Gasteiger partial charge in [-0.3, -0.25) is 13.7 Å². The van der Waals surface area contributed by atoms with Crippen molar-refractivity contribution in [1.29, 1.82) is 0 Å². The molecule has 46 heavy (non-hydrogen) atoms. The number of fused-ring (bicyclic) bond motifs is 1. The second-order valence-electron chi connectivity index (χ2n) is 10.7. The number of anilines is 1. The Balaban J connectivity index is 1.56. The van der Waals surface area contributed by atoms with Gasteiger partial charge in [-0.1, -0.05) is 30.3 Å². The summed E-state index contributed by atoms with van der Waals surface area (Å²) in [5, 5.41) is 15.2. The van der Waals surface area contributed by atoms with E-state index >= 15 is 0 Å². The lowest BCUT2D eigenvalue weighted by atomic mass is 10.0. The van der Waals surface area contributed by atoms with Crippen molar-refractivity contribution in [3.63, 3.8) is 0 Å². The molecule has 0 aliphatic carbocycles. The van der Waals surface area contributed by atoms with Gasteiger partial charge in [0.05, 0.1) is 47.4 Å². The van der Waals surface area contributed by atoms with Gasteiger partial charge in [-0.25, -0.2) is 13.4 Å². The second-order valence-corrected chi connectivity index (χ2v) is 14.6. The van der Waals surface area contributed by atoms with Gasteiger partial charge in [0.25, 0.3) is 0 Å². The van der Waals surface area contributed by atoms with Crippen LogP contribution in [0.3, 0.4) is 0 Å². The molecule has 0 spiro atoms. The zero-order valence-electron chi connectivity index (χ0n) is 26.0. The number of carbonyl (C=O) groups is 1. The summed E-state index contributed by atoms with van der Waals surface area (Å²) in [4.78, 5) is 22.5. The average molecular weight is 668 g/mol. The fourth-order valence-corrected chi connectivity index (χ4v) is 7.77. The normalized spacial score (nSPS) is 14.5. The molecule has 1 fully saturated rings. The molecule has 1 amide bonds. The minimum atomic E-state index is -3.77. The number of rotatable bonds is 12. The van der Waals surface area contributed by atoms with E-state index in [2.05, 4.69) is 10.3 Å². The smallest absolute Gasteiger partial charge is 0.361 e. The van der Waals surface area contributed by atoms with E-state index in [4.69, 9.17) is 14.0 Å². The number of carbonyl (C=O) groups excluding carboxylic acids is 1. The van der Waals surface area contributed by atoms with Crippen molar-refractivity contribution >= 4 is 56.8 Å². The number of amides is 1. The van der Waals surface area contributed by atoms with Gasteiger partial charge in [0.2, 0.25) is 15.9 Å². The SMILES string of the molecule is CCOP(=O)(OCC)c1ccc2[nH]c(O)c(C(=Nc3ccc(N(CC(=O)N4CCNCC4)S(C)(=O)=O)cc3)c3ccccc3)c2c1. The summed E-state index contributed by atoms with van der Waals surface area (Å²) in [5.74, 6) is -0.406. The highest BCUT2D eigenvalue weighted by Crippen LogP contribution is 2.47. The molecule has 1 saturated heterocycles. The lowest BCUT2D eigenvalue weighted by Crippen LogP contribution is -2.50. The molecule has 1 aromatic heterocycles. The third-order valence-electron chi connectivity index (χ3n) is 7.49. The van der Waals surface area contributed by atoms with Crippen LogP contribution in [0.5, 0.6) is 5.88 Å². The van der Waals surface area contributed by atoms with Crippen molar-refractivity contribution in [2.75, 3.05) is 56.5 Å². The number of H-pyrrole nitrogens is 1. The van der Waals surface area contributed by atoms with Crippen LogP contribution in [0.2, 0.25) is 0 Å². The lowest BCUT2D eigenvalue weighted by Gasteiger charge is -2.30.